The molecule has 0 unspecified atom stereocenters. The Morgan fingerprint density at radius 3 is 1.77 bits per heavy atom. The lowest BCUT2D eigenvalue weighted by molar-refractivity contribution is 0.660. The van der Waals surface area contributed by atoms with Crippen LogP contribution in [0.1, 0.15) is 49.9 Å². The van der Waals surface area contributed by atoms with Crippen LogP contribution in [0.3, 0.4) is 0 Å². The van der Waals surface area contributed by atoms with E-state index in [1.807, 2.05) is 11.3 Å². The summed E-state index contributed by atoms with van der Waals surface area (Å²) >= 11 is 1.91. The second-order valence-corrected chi connectivity index (χ2v) is 24.1. The van der Waals surface area contributed by atoms with Gasteiger partial charge in [-0.2, -0.15) is 0 Å². The Balaban J connectivity index is 0.963. The first kappa shape index (κ1) is 45.5. The summed E-state index contributed by atoms with van der Waals surface area (Å²) in [5.41, 5.74) is 21.9. The van der Waals surface area contributed by atoms with Crippen LogP contribution in [0.5, 0.6) is 0 Å². The first-order valence-electron chi connectivity index (χ1n) is 27.7. The minimum atomic E-state index is -0.187. The fourth-order valence-corrected chi connectivity index (χ4v) is 15.7. The third kappa shape index (κ3) is 6.50. The minimum absolute atomic E-state index is 0.171. The standard InChI is InChI=1S/C74H55BN2S/c1-73(2)61-32-13-11-26-51(61)53-37-36-50(43-63(53)73)77(66-38-35-47-21-16-29-55-54-28-15-19-46-20-17-31-57(69(46)54)71(66)70(47)55)68-40-39-67(78-68)60-45-64-59(52-27-12-14-33-62(52)74(64,3)4)44-58(60)56-30-18-34-65-72(56)76(49-24-9-6-10-25-49)42-41-75(65)48-22-7-5-8-23-48/h5-40,43-45H,41-42H2,1-4H3. The third-order valence-electron chi connectivity index (χ3n) is 18.3. The molecule has 0 N–H and O–H groups in total. The SMILES string of the molecule is CC1(C)c2ccccc2-c2ccc(N(c3ccc(-c4cc5c(cc4-c4cccc6c4N(c4ccccc4)CCB6c4ccccc4)-c4ccccc4C5(C)C)s3)c3ccc4cccc5c6cccc7cccc(c3c45)c76)cc21. The van der Waals surface area contributed by atoms with Gasteiger partial charge in [-0.3, -0.25) is 0 Å². The zero-order valence-corrected chi connectivity index (χ0v) is 45.1. The maximum absolute atomic E-state index is 2.60. The van der Waals surface area contributed by atoms with Crippen LogP contribution in [0.4, 0.5) is 27.8 Å². The summed E-state index contributed by atoms with van der Waals surface area (Å²) in [7, 11) is 0. The molecule has 0 spiro atoms. The second kappa shape index (κ2) is 16.9. The number of para-hydroxylation sites is 2. The maximum atomic E-state index is 2.60. The van der Waals surface area contributed by atoms with Crippen LogP contribution < -0.4 is 20.7 Å². The van der Waals surface area contributed by atoms with E-state index < -0.39 is 0 Å². The van der Waals surface area contributed by atoms with Gasteiger partial charge in [0.15, 0.2) is 0 Å². The molecule has 0 saturated carbocycles. The highest BCUT2D eigenvalue weighted by atomic mass is 32.1. The average Bonchev–Trinajstić information content (AvgIpc) is 4.27. The van der Waals surface area contributed by atoms with Crippen LogP contribution >= 0.6 is 11.3 Å². The molecule has 0 amide bonds. The number of benzene rings is 12. The molecule has 16 rings (SSSR count). The molecule has 0 radical (unpaired) electrons. The molecule has 0 saturated heterocycles. The molecule has 3 aliphatic rings. The van der Waals surface area contributed by atoms with E-state index in [-0.39, 0.29) is 17.5 Å². The van der Waals surface area contributed by atoms with Gasteiger partial charge in [0.1, 0.15) is 5.00 Å². The summed E-state index contributed by atoms with van der Waals surface area (Å²) in [5, 5.41) is 11.5. The van der Waals surface area contributed by atoms with E-state index in [0.717, 1.165) is 18.6 Å². The van der Waals surface area contributed by atoms with E-state index >= 15 is 0 Å². The normalized spacial score (nSPS) is 14.7. The van der Waals surface area contributed by atoms with Gasteiger partial charge in [-0.05, 0) is 154 Å². The van der Waals surface area contributed by atoms with Gasteiger partial charge in [0, 0.05) is 50.3 Å². The highest BCUT2D eigenvalue weighted by molar-refractivity contribution is 7.19. The smallest absolute Gasteiger partial charge is 0.213 e. The van der Waals surface area contributed by atoms with Gasteiger partial charge in [0.25, 0.3) is 0 Å². The van der Waals surface area contributed by atoms with Crippen LogP contribution in [-0.2, 0) is 10.8 Å². The fourth-order valence-electron chi connectivity index (χ4n) is 14.6. The fraction of sp³-hybridized carbons (Fsp3) is 0.108. The van der Waals surface area contributed by atoms with Crippen molar-refractivity contribution in [3.8, 4) is 43.8 Å². The lowest BCUT2D eigenvalue weighted by Crippen LogP contribution is -2.50. The molecular formula is C74H55BN2S. The molecule has 0 atom stereocenters. The number of hydrogen-bond donors (Lipinski definition) is 0. The summed E-state index contributed by atoms with van der Waals surface area (Å²) in [6.07, 6.45) is 1.03. The van der Waals surface area contributed by atoms with Crippen molar-refractivity contribution in [1.29, 1.82) is 0 Å². The number of anilines is 5. The van der Waals surface area contributed by atoms with Gasteiger partial charge < -0.3 is 9.80 Å². The number of thiophene rings is 1. The molecule has 0 fully saturated rings. The summed E-state index contributed by atoms with van der Waals surface area (Å²) in [4.78, 5) is 6.45. The molecule has 2 nitrogen and oxygen atoms in total. The maximum Gasteiger partial charge on any atom is 0.213 e. The molecule has 0 bridgehead atoms. The Labute approximate surface area is 460 Å². The van der Waals surface area contributed by atoms with Crippen LogP contribution in [0.15, 0.2) is 237 Å². The molecule has 78 heavy (non-hydrogen) atoms. The van der Waals surface area contributed by atoms with Crippen molar-refractivity contribution in [2.75, 3.05) is 16.3 Å². The van der Waals surface area contributed by atoms with Crippen LogP contribution in [0, 0.1) is 0 Å². The minimum Gasteiger partial charge on any atom is -0.342 e. The summed E-state index contributed by atoms with van der Waals surface area (Å²) < 4.78 is 0. The molecular weight excluding hydrogens is 960 g/mol. The van der Waals surface area contributed by atoms with Gasteiger partial charge in [0.2, 0.25) is 6.71 Å². The van der Waals surface area contributed by atoms with Crippen molar-refractivity contribution in [2.24, 2.45) is 0 Å². The van der Waals surface area contributed by atoms with Crippen molar-refractivity contribution in [3.05, 3.63) is 259 Å². The van der Waals surface area contributed by atoms with E-state index in [4.69, 9.17) is 0 Å². The lowest BCUT2D eigenvalue weighted by atomic mass is 9.37. The first-order valence-corrected chi connectivity index (χ1v) is 28.6. The zero-order chi connectivity index (χ0) is 52.0. The van der Waals surface area contributed by atoms with Crippen LogP contribution in [0.25, 0.3) is 86.9 Å². The lowest BCUT2D eigenvalue weighted by Gasteiger charge is -2.37. The number of fused-ring (bicyclic) bond motifs is 9. The highest BCUT2D eigenvalue weighted by Crippen LogP contribution is 2.57. The van der Waals surface area contributed by atoms with Gasteiger partial charge in [-0.25, -0.2) is 0 Å². The largest absolute Gasteiger partial charge is 0.342 e. The second-order valence-electron chi connectivity index (χ2n) is 23.0. The van der Waals surface area contributed by atoms with Gasteiger partial charge in [0.05, 0.1) is 5.69 Å². The molecule has 13 aromatic rings. The third-order valence-corrected chi connectivity index (χ3v) is 19.4. The van der Waals surface area contributed by atoms with E-state index in [1.54, 1.807) is 0 Å². The predicted molar refractivity (Wildman–Crippen MR) is 336 cm³/mol. The Morgan fingerprint density at radius 2 is 1.03 bits per heavy atom. The Hall–Kier alpha value is -8.70. The van der Waals surface area contributed by atoms with Crippen LogP contribution in [-0.4, -0.2) is 13.3 Å². The van der Waals surface area contributed by atoms with Crippen molar-refractivity contribution in [3.63, 3.8) is 0 Å². The molecule has 1 aromatic heterocycles. The zero-order valence-electron chi connectivity index (χ0n) is 44.3. The molecule has 1 aliphatic heterocycles. The quantitative estimate of drug-likeness (QED) is 0.0892. The van der Waals surface area contributed by atoms with Crippen molar-refractivity contribution in [1.82, 2.24) is 0 Å². The number of rotatable bonds is 7. The predicted octanol–water partition coefficient (Wildman–Crippen LogP) is 19.0. The molecule has 2 aliphatic carbocycles. The molecule has 4 heteroatoms. The van der Waals surface area contributed by atoms with E-state index in [1.165, 1.54) is 142 Å². The van der Waals surface area contributed by atoms with Crippen molar-refractivity contribution < 1.29 is 0 Å². The number of hydrogen-bond acceptors (Lipinski definition) is 3. The van der Waals surface area contributed by atoms with Gasteiger partial charge in [-0.1, -0.05) is 221 Å². The van der Waals surface area contributed by atoms with E-state index in [0.29, 0.717) is 0 Å². The molecule has 2 heterocycles. The molecule has 12 aromatic carbocycles. The van der Waals surface area contributed by atoms with Crippen LogP contribution in [0.2, 0.25) is 6.32 Å². The van der Waals surface area contributed by atoms with Gasteiger partial charge in [-0.15, -0.1) is 11.3 Å². The van der Waals surface area contributed by atoms with Crippen molar-refractivity contribution in [2.45, 2.75) is 44.8 Å². The summed E-state index contributed by atoms with van der Waals surface area (Å²) in [6.45, 7) is 10.8. The van der Waals surface area contributed by atoms with E-state index in [9.17, 15) is 0 Å². The highest BCUT2D eigenvalue weighted by Gasteiger charge is 2.39. The van der Waals surface area contributed by atoms with E-state index in [2.05, 4.69) is 274 Å². The van der Waals surface area contributed by atoms with Crippen molar-refractivity contribution >= 4 is 99.8 Å². The average molecular weight is 1020 g/mol. The summed E-state index contributed by atoms with van der Waals surface area (Å²) in [5.74, 6) is 0. The topological polar surface area (TPSA) is 6.48 Å². The number of nitrogens with zero attached hydrogens (tertiary/aromatic N) is 2. The first-order chi connectivity index (χ1) is 38.2. The Kier molecular flexibility index (Phi) is 9.86. The Bertz CT molecular complexity index is 4580. The summed E-state index contributed by atoms with van der Waals surface area (Å²) in [6, 6.07) is 90.1. The Morgan fingerprint density at radius 1 is 0.423 bits per heavy atom. The molecule has 370 valence electrons. The monoisotopic (exact) mass is 1010 g/mol. The van der Waals surface area contributed by atoms with Gasteiger partial charge >= 0.3 is 0 Å².